The van der Waals surface area contributed by atoms with Crippen molar-refractivity contribution in [3.05, 3.63) is 27.9 Å². The Kier molecular flexibility index (Phi) is 4.85. The highest BCUT2D eigenvalue weighted by Crippen LogP contribution is 2.37. The van der Waals surface area contributed by atoms with Crippen molar-refractivity contribution >= 4 is 33.9 Å². The summed E-state index contributed by atoms with van der Waals surface area (Å²) < 4.78 is 11.6. The molecular weight excluding hydrogens is 340 g/mol. The average molecular weight is 355 g/mol. The monoisotopic (exact) mass is 354 g/mol. The fraction of sp³-hybridized carbons (Fsp3) is 0.286. The highest BCUT2D eigenvalue weighted by molar-refractivity contribution is 9.10. The van der Waals surface area contributed by atoms with Gasteiger partial charge in [-0.15, -0.1) is 0 Å². The molecule has 0 aromatic heterocycles. The summed E-state index contributed by atoms with van der Waals surface area (Å²) in [6.45, 7) is 2.59. The molecule has 1 aliphatic rings. The molecule has 7 heteroatoms. The summed E-state index contributed by atoms with van der Waals surface area (Å²) in [5, 5.41) is 4.58. The number of imide groups is 1. The number of urea groups is 1. The third kappa shape index (κ3) is 3.55. The summed E-state index contributed by atoms with van der Waals surface area (Å²) in [6, 6.07) is 3.00. The summed E-state index contributed by atoms with van der Waals surface area (Å²) in [5.41, 5.74) is 0.895. The van der Waals surface area contributed by atoms with Gasteiger partial charge in [-0.3, -0.25) is 10.1 Å². The van der Waals surface area contributed by atoms with Crippen LogP contribution in [0.4, 0.5) is 4.79 Å². The number of carbonyl (C=O) groups excluding carboxylic acids is 2. The summed E-state index contributed by atoms with van der Waals surface area (Å²) in [7, 11) is 1.54. The van der Waals surface area contributed by atoms with Crippen molar-refractivity contribution in [2.75, 3.05) is 13.7 Å². The Hall–Kier alpha value is -2.02. The number of carbonyl (C=O) groups is 2. The summed E-state index contributed by atoms with van der Waals surface area (Å²) in [5.74, 6) is 0.706. The number of nitrogens with one attached hydrogen (secondary N) is 2. The van der Waals surface area contributed by atoms with Gasteiger partial charge in [0.25, 0.3) is 5.91 Å². The second kappa shape index (κ2) is 6.62. The Labute approximate surface area is 130 Å². The van der Waals surface area contributed by atoms with Gasteiger partial charge in [0.1, 0.15) is 5.70 Å². The second-order valence-corrected chi connectivity index (χ2v) is 5.20. The van der Waals surface area contributed by atoms with Crippen LogP contribution in [0.2, 0.25) is 0 Å². The third-order valence-corrected chi connectivity index (χ3v) is 3.32. The van der Waals surface area contributed by atoms with E-state index in [9.17, 15) is 9.59 Å². The van der Waals surface area contributed by atoms with Gasteiger partial charge in [0.05, 0.1) is 18.2 Å². The zero-order valence-corrected chi connectivity index (χ0v) is 13.2. The van der Waals surface area contributed by atoms with E-state index in [0.717, 1.165) is 6.42 Å². The molecule has 1 aliphatic heterocycles. The van der Waals surface area contributed by atoms with Gasteiger partial charge in [-0.1, -0.05) is 6.92 Å². The molecule has 1 aromatic rings. The van der Waals surface area contributed by atoms with E-state index in [1.165, 1.54) is 0 Å². The van der Waals surface area contributed by atoms with Crippen LogP contribution < -0.4 is 20.1 Å². The SMILES string of the molecule is CCCOc1c(Br)cc(C=C2NC(=O)NC2=O)cc1OC. The molecule has 0 radical (unpaired) electrons. The first kappa shape index (κ1) is 15.4. The Morgan fingerprint density at radius 2 is 2.05 bits per heavy atom. The van der Waals surface area contributed by atoms with E-state index in [1.54, 1.807) is 25.3 Å². The van der Waals surface area contributed by atoms with Gasteiger partial charge < -0.3 is 14.8 Å². The van der Waals surface area contributed by atoms with Gasteiger partial charge in [0.15, 0.2) is 11.5 Å². The average Bonchev–Trinajstić information content (AvgIpc) is 2.75. The number of hydrogen-bond acceptors (Lipinski definition) is 4. The fourth-order valence-electron chi connectivity index (χ4n) is 1.82. The van der Waals surface area contributed by atoms with Crippen LogP contribution in [0.1, 0.15) is 18.9 Å². The minimum absolute atomic E-state index is 0.191. The zero-order valence-electron chi connectivity index (χ0n) is 11.7. The van der Waals surface area contributed by atoms with Crippen molar-refractivity contribution < 1.29 is 19.1 Å². The largest absolute Gasteiger partial charge is 0.493 e. The van der Waals surface area contributed by atoms with Crippen LogP contribution in [0, 0.1) is 0 Å². The molecule has 1 saturated heterocycles. The number of rotatable bonds is 5. The summed E-state index contributed by atoms with van der Waals surface area (Å²) in [4.78, 5) is 22.6. The molecule has 0 unspecified atom stereocenters. The maximum atomic E-state index is 11.5. The third-order valence-electron chi connectivity index (χ3n) is 2.73. The van der Waals surface area contributed by atoms with E-state index in [4.69, 9.17) is 9.47 Å². The molecule has 0 saturated carbocycles. The van der Waals surface area contributed by atoms with E-state index < -0.39 is 11.9 Å². The molecule has 6 nitrogen and oxygen atoms in total. The van der Waals surface area contributed by atoms with Gasteiger partial charge >= 0.3 is 6.03 Å². The molecule has 0 bridgehead atoms. The predicted molar refractivity (Wildman–Crippen MR) is 81.1 cm³/mol. The quantitative estimate of drug-likeness (QED) is 0.628. The Morgan fingerprint density at radius 1 is 1.29 bits per heavy atom. The lowest BCUT2D eigenvalue weighted by Crippen LogP contribution is -2.22. The summed E-state index contributed by atoms with van der Waals surface area (Å²) in [6.07, 6.45) is 2.45. The Bertz CT molecular complexity index is 613. The van der Waals surface area contributed by atoms with Crippen LogP contribution in [0.15, 0.2) is 22.3 Å². The lowest BCUT2D eigenvalue weighted by Gasteiger charge is -2.13. The van der Waals surface area contributed by atoms with Crippen LogP contribution >= 0.6 is 15.9 Å². The Balaban J connectivity index is 2.34. The van der Waals surface area contributed by atoms with Crippen LogP contribution in [0.5, 0.6) is 11.5 Å². The van der Waals surface area contributed by atoms with Crippen molar-refractivity contribution in [2.24, 2.45) is 0 Å². The van der Waals surface area contributed by atoms with Gasteiger partial charge in [0, 0.05) is 0 Å². The van der Waals surface area contributed by atoms with Crippen molar-refractivity contribution in [3.63, 3.8) is 0 Å². The van der Waals surface area contributed by atoms with Crippen molar-refractivity contribution in [3.8, 4) is 11.5 Å². The molecule has 1 heterocycles. The number of methoxy groups -OCH3 is 1. The molecular formula is C14H15BrN2O4. The van der Waals surface area contributed by atoms with Gasteiger partial charge in [0.2, 0.25) is 0 Å². The molecule has 0 spiro atoms. The van der Waals surface area contributed by atoms with Crippen molar-refractivity contribution in [1.29, 1.82) is 0 Å². The van der Waals surface area contributed by atoms with Crippen LogP contribution in [-0.4, -0.2) is 25.7 Å². The molecule has 2 rings (SSSR count). The number of amides is 3. The normalized spacial score (nSPS) is 15.9. The minimum Gasteiger partial charge on any atom is -0.493 e. The number of hydrogen-bond donors (Lipinski definition) is 2. The molecule has 1 fully saturated rings. The second-order valence-electron chi connectivity index (χ2n) is 4.35. The van der Waals surface area contributed by atoms with Crippen molar-refractivity contribution in [1.82, 2.24) is 10.6 Å². The molecule has 112 valence electrons. The Morgan fingerprint density at radius 3 is 2.62 bits per heavy atom. The number of halogens is 1. The first-order chi connectivity index (χ1) is 10.0. The zero-order chi connectivity index (χ0) is 15.4. The fourth-order valence-corrected chi connectivity index (χ4v) is 2.39. The molecule has 0 aliphatic carbocycles. The molecule has 21 heavy (non-hydrogen) atoms. The van der Waals surface area contributed by atoms with E-state index in [2.05, 4.69) is 26.6 Å². The van der Waals surface area contributed by atoms with Gasteiger partial charge in [-0.25, -0.2) is 4.79 Å². The highest BCUT2D eigenvalue weighted by atomic mass is 79.9. The maximum Gasteiger partial charge on any atom is 0.326 e. The highest BCUT2D eigenvalue weighted by Gasteiger charge is 2.23. The predicted octanol–water partition coefficient (Wildman–Crippen LogP) is 2.43. The molecule has 1 aromatic carbocycles. The maximum absolute atomic E-state index is 11.5. The molecule has 0 atom stereocenters. The van der Waals surface area contributed by atoms with Crippen LogP contribution in [-0.2, 0) is 4.79 Å². The van der Waals surface area contributed by atoms with E-state index in [0.29, 0.717) is 28.1 Å². The van der Waals surface area contributed by atoms with E-state index in [1.807, 2.05) is 6.92 Å². The number of benzene rings is 1. The van der Waals surface area contributed by atoms with E-state index in [-0.39, 0.29) is 5.70 Å². The van der Waals surface area contributed by atoms with Gasteiger partial charge in [-0.2, -0.15) is 0 Å². The number of ether oxygens (including phenoxy) is 2. The van der Waals surface area contributed by atoms with Crippen LogP contribution in [0.25, 0.3) is 6.08 Å². The van der Waals surface area contributed by atoms with Crippen molar-refractivity contribution in [2.45, 2.75) is 13.3 Å². The van der Waals surface area contributed by atoms with Gasteiger partial charge in [-0.05, 0) is 46.1 Å². The minimum atomic E-state index is -0.528. The lowest BCUT2D eigenvalue weighted by molar-refractivity contribution is -0.115. The van der Waals surface area contributed by atoms with Crippen LogP contribution in [0.3, 0.4) is 0 Å². The topological polar surface area (TPSA) is 76.7 Å². The standard InChI is InChI=1S/C14H15BrN2O4/c1-3-4-21-12-9(15)5-8(7-11(12)20-2)6-10-13(18)17-14(19)16-10/h5-7H,3-4H2,1-2H3,(H2,16,17,18,19). The first-order valence-corrected chi connectivity index (χ1v) is 7.18. The first-order valence-electron chi connectivity index (χ1n) is 6.39. The van der Waals surface area contributed by atoms with E-state index >= 15 is 0 Å². The molecule has 3 amide bonds. The molecule has 2 N–H and O–H groups in total. The summed E-state index contributed by atoms with van der Waals surface area (Å²) >= 11 is 3.42. The lowest BCUT2D eigenvalue weighted by atomic mass is 10.1. The smallest absolute Gasteiger partial charge is 0.326 e.